The third kappa shape index (κ3) is 3.87. The van der Waals surface area contributed by atoms with Gasteiger partial charge in [-0.3, -0.25) is 14.2 Å². The zero-order valence-corrected chi connectivity index (χ0v) is 19.7. The number of pyridine rings is 1. The van der Waals surface area contributed by atoms with Gasteiger partial charge in [0.05, 0.1) is 36.9 Å². The second-order valence-electron chi connectivity index (χ2n) is 8.80. The van der Waals surface area contributed by atoms with E-state index in [0.29, 0.717) is 34.7 Å². The van der Waals surface area contributed by atoms with Crippen molar-refractivity contribution in [1.29, 1.82) is 0 Å². The van der Waals surface area contributed by atoms with Gasteiger partial charge in [0, 0.05) is 23.1 Å². The molecule has 0 unspecified atom stereocenters. The average molecular weight is 465 g/mol. The van der Waals surface area contributed by atoms with Crippen molar-refractivity contribution in [3.63, 3.8) is 0 Å². The van der Waals surface area contributed by atoms with Crippen LogP contribution in [0.5, 0.6) is 5.75 Å². The van der Waals surface area contributed by atoms with Crippen LogP contribution in [0.15, 0.2) is 41.5 Å². The first-order valence-electron chi connectivity index (χ1n) is 10.7. The number of anilines is 1. The Balaban J connectivity index is 1.48. The van der Waals surface area contributed by atoms with Crippen LogP contribution in [0.1, 0.15) is 38.1 Å². The van der Waals surface area contributed by atoms with Gasteiger partial charge in [-0.25, -0.2) is 9.97 Å². The number of thiophene rings is 1. The van der Waals surface area contributed by atoms with Gasteiger partial charge >= 0.3 is 0 Å². The van der Waals surface area contributed by atoms with Crippen LogP contribution >= 0.6 is 11.3 Å². The van der Waals surface area contributed by atoms with E-state index >= 15 is 0 Å². The maximum Gasteiger partial charge on any atom is 0.272 e. The van der Waals surface area contributed by atoms with E-state index in [-0.39, 0.29) is 17.1 Å². The van der Waals surface area contributed by atoms with Gasteiger partial charge in [-0.05, 0) is 51.1 Å². The predicted octanol–water partition coefficient (Wildman–Crippen LogP) is 4.07. The molecule has 0 saturated carbocycles. The van der Waals surface area contributed by atoms with Gasteiger partial charge in [-0.2, -0.15) is 0 Å². The summed E-state index contributed by atoms with van der Waals surface area (Å²) in [5.41, 5.74) is 2.74. The van der Waals surface area contributed by atoms with E-state index in [0.717, 1.165) is 21.5 Å². The number of aromatic nitrogens is 3. The van der Waals surface area contributed by atoms with Crippen LogP contribution in [0.2, 0.25) is 0 Å². The number of hydrogen-bond acceptors (Lipinski definition) is 7. The molecule has 1 aromatic carbocycles. The quantitative estimate of drug-likeness (QED) is 0.489. The summed E-state index contributed by atoms with van der Waals surface area (Å²) in [6.07, 6.45) is 2.15. The molecule has 1 aliphatic rings. The molecule has 4 heterocycles. The predicted molar refractivity (Wildman–Crippen MR) is 128 cm³/mol. The van der Waals surface area contributed by atoms with Gasteiger partial charge in [-0.1, -0.05) is 0 Å². The maximum atomic E-state index is 13.3. The molecule has 170 valence electrons. The molecule has 9 heteroatoms. The zero-order chi connectivity index (χ0) is 23.3. The number of ether oxygens (including phenoxy) is 2. The van der Waals surface area contributed by atoms with Gasteiger partial charge < -0.3 is 14.8 Å². The summed E-state index contributed by atoms with van der Waals surface area (Å²) in [7, 11) is 1.58. The minimum Gasteiger partial charge on any atom is -0.497 e. The molecule has 1 N–H and O–H groups in total. The summed E-state index contributed by atoms with van der Waals surface area (Å²) in [4.78, 5) is 36.2. The molecule has 5 rings (SSSR count). The summed E-state index contributed by atoms with van der Waals surface area (Å²) in [6, 6.07) is 8.31. The van der Waals surface area contributed by atoms with Crippen LogP contribution in [-0.2, 0) is 22.6 Å². The van der Waals surface area contributed by atoms with Crippen LogP contribution in [0, 0.1) is 0 Å². The molecular formula is C24H24N4O4S. The number of hydrogen-bond donors (Lipinski definition) is 1. The summed E-state index contributed by atoms with van der Waals surface area (Å²) < 4.78 is 12.9. The number of rotatable bonds is 4. The van der Waals surface area contributed by atoms with E-state index in [4.69, 9.17) is 14.5 Å². The van der Waals surface area contributed by atoms with Crippen LogP contribution in [-0.4, -0.2) is 33.2 Å². The van der Waals surface area contributed by atoms with Crippen molar-refractivity contribution >= 4 is 43.4 Å². The molecule has 0 spiro atoms. The molecular weight excluding hydrogens is 440 g/mol. The molecule has 8 nitrogen and oxygen atoms in total. The van der Waals surface area contributed by atoms with E-state index in [9.17, 15) is 9.59 Å². The van der Waals surface area contributed by atoms with Crippen molar-refractivity contribution in [2.45, 2.75) is 45.4 Å². The lowest BCUT2D eigenvalue weighted by Crippen LogP contribution is -2.32. The Kier molecular flexibility index (Phi) is 5.18. The van der Waals surface area contributed by atoms with Crippen molar-refractivity contribution in [1.82, 2.24) is 14.5 Å². The first kappa shape index (κ1) is 21.5. The molecule has 3 aromatic heterocycles. The van der Waals surface area contributed by atoms with Crippen molar-refractivity contribution in [3.8, 4) is 5.75 Å². The number of nitrogens with zero attached hydrogens (tertiary/aromatic N) is 3. The molecule has 0 radical (unpaired) electrons. The SMILES string of the molecule is COc1ccc(NC(=O)[C@@H](C)n2cnc3c(sc4nc5c(cc43)COC(C)(C)C5)c2=O)cc1. The smallest absolute Gasteiger partial charge is 0.272 e. The normalized spacial score (nSPS) is 15.9. The number of carbonyl (C=O) groups excluding carboxylic acids is 1. The second kappa shape index (κ2) is 7.93. The van der Waals surface area contributed by atoms with E-state index in [1.807, 2.05) is 19.9 Å². The third-order valence-electron chi connectivity index (χ3n) is 5.93. The zero-order valence-electron chi connectivity index (χ0n) is 18.8. The summed E-state index contributed by atoms with van der Waals surface area (Å²) in [5.74, 6) is 0.389. The monoisotopic (exact) mass is 464 g/mol. The lowest BCUT2D eigenvalue weighted by Gasteiger charge is -2.30. The van der Waals surface area contributed by atoms with Crippen LogP contribution in [0.4, 0.5) is 5.69 Å². The van der Waals surface area contributed by atoms with Crippen molar-refractivity contribution in [2.24, 2.45) is 0 Å². The minimum absolute atomic E-state index is 0.255. The maximum absolute atomic E-state index is 13.3. The highest BCUT2D eigenvalue weighted by molar-refractivity contribution is 7.25. The number of amides is 1. The van der Waals surface area contributed by atoms with Gasteiger partial charge in [-0.15, -0.1) is 11.3 Å². The fraction of sp³-hybridized carbons (Fsp3) is 0.333. The highest BCUT2D eigenvalue weighted by atomic mass is 32.1. The Morgan fingerprint density at radius 3 is 2.79 bits per heavy atom. The molecule has 0 aliphatic carbocycles. The third-order valence-corrected chi connectivity index (χ3v) is 7.01. The molecule has 0 fully saturated rings. The molecule has 1 amide bonds. The van der Waals surface area contributed by atoms with Crippen molar-refractivity contribution in [3.05, 3.63) is 58.3 Å². The average Bonchev–Trinajstić information content (AvgIpc) is 3.15. The topological polar surface area (TPSA) is 95.3 Å². The molecule has 1 aliphatic heterocycles. The Bertz CT molecular complexity index is 1440. The van der Waals surface area contributed by atoms with Crippen LogP contribution < -0.4 is 15.6 Å². The molecule has 1 atom stereocenters. The second-order valence-corrected chi connectivity index (χ2v) is 9.80. The van der Waals surface area contributed by atoms with Crippen molar-refractivity contribution in [2.75, 3.05) is 12.4 Å². The Labute approximate surface area is 194 Å². The Morgan fingerprint density at radius 2 is 2.06 bits per heavy atom. The highest BCUT2D eigenvalue weighted by Crippen LogP contribution is 2.34. The number of fused-ring (bicyclic) bond motifs is 4. The molecule has 0 saturated heterocycles. The lowest BCUT2D eigenvalue weighted by atomic mass is 9.95. The van der Waals surface area contributed by atoms with E-state index in [2.05, 4.69) is 10.3 Å². The number of carbonyl (C=O) groups is 1. The summed E-state index contributed by atoms with van der Waals surface area (Å²) in [5, 5.41) is 3.68. The first-order chi connectivity index (χ1) is 15.8. The summed E-state index contributed by atoms with van der Waals surface area (Å²) >= 11 is 1.32. The first-order valence-corrected chi connectivity index (χ1v) is 11.5. The van der Waals surface area contributed by atoms with Gasteiger partial charge in [0.15, 0.2) is 0 Å². The lowest BCUT2D eigenvalue weighted by molar-refractivity contribution is -0.118. The van der Waals surface area contributed by atoms with Gasteiger partial charge in [0.1, 0.15) is 21.3 Å². The van der Waals surface area contributed by atoms with Crippen LogP contribution in [0.25, 0.3) is 20.4 Å². The van der Waals surface area contributed by atoms with Crippen LogP contribution in [0.3, 0.4) is 0 Å². The fourth-order valence-electron chi connectivity index (χ4n) is 3.98. The standard InChI is InChI=1S/C24H24N4O4S/c1-13(21(29)26-15-5-7-16(31-4)8-6-15)28-12-25-19-17-9-14-11-32-24(2,3)10-18(14)27-22(17)33-20(19)23(28)30/h5-9,12-13H,10-11H2,1-4H3,(H,26,29)/t13-/m1/s1. The number of methoxy groups -OCH3 is 1. The Morgan fingerprint density at radius 1 is 1.30 bits per heavy atom. The largest absolute Gasteiger partial charge is 0.497 e. The van der Waals surface area contributed by atoms with Gasteiger partial charge in [0.2, 0.25) is 5.91 Å². The number of benzene rings is 1. The molecule has 4 aromatic rings. The highest BCUT2D eigenvalue weighted by Gasteiger charge is 2.28. The molecule has 33 heavy (non-hydrogen) atoms. The summed E-state index contributed by atoms with van der Waals surface area (Å²) in [6.45, 7) is 6.26. The fourth-order valence-corrected chi connectivity index (χ4v) is 5.05. The van der Waals surface area contributed by atoms with E-state index in [1.54, 1.807) is 38.3 Å². The number of nitrogens with one attached hydrogen (secondary N) is 1. The van der Waals surface area contributed by atoms with Gasteiger partial charge in [0.25, 0.3) is 5.56 Å². The Hall–Kier alpha value is -3.30. The van der Waals surface area contributed by atoms with Crippen molar-refractivity contribution < 1.29 is 14.3 Å². The van der Waals surface area contributed by atoms with E-state index < -0.39 is 6.04 Å². The van der Waals surface area contributed by atoms with E-state index in [1.165, 1.54) is 22.2 Å². The minimum atomic E-state index is -0.739. The molecule has 0 bridgehead atoms.